The summed E-state index contributed by atoms with van der Waals surface area (Å²) in [5, 5.41) is 11.7. The van der Waals surface area contributed by atoms with Crippen molar-refractivity contribution in [3.8, 4) is 0 Å². The number of nitrogens with zero attached hydrogens (tertiary/aromatic N) is 1. The fraction of sp³-hybridized carbons (Fsp3) is 0.429. The van der Waals surface area contributed by atoms with E-state index in [-0.39, 0.29) is 27.3 Å². The van der Waals surface area contributed by atoms with Gasteiger partial charge in [-0.05, 0) is 25.5 Å². The van der Waals surface area contributed by atoms with Crippen LogP contribution in [-0.2, 0) is 0 Å². The van der Waals surface area contributed by atoms with Gasteiger partial charge in [-0.1, -0.05) is 36.5 Å². The summed E-state index contributed by atoms with van der Waals surface area (Å²) in [4.78, 5) is 24.7. The number of nitrogens with one attached hydrogen (secondary N) is 1. The van der Waals surface area contributed by atoms with Crippen molar-refractivity contribution in [1.29, 1.82) is 0 Å². The standard InChI is InChI=1S/C14H18Cl2N2O3/c1-3-5-6-18(4-2)14(21)17-12-10(15)7-9(13(19)20)8-11(12)16/h7-8H,3-6H2,1-2H3,(H,17,21)(H,19,20). The molecule has 0 atom stereocenters. The summed E-state index contributed by atoms with van der Waals surface area (Å²) in [7, 11) is 0. The van der Waals surface area contributed by atoms with Crippen molar-refractivity contribution in [2.24, 2.45) is 0 Å². The second-order valence-corrected chi connectivity index (χ2v) is 5.30. The van der Waals surface area contributed by atoms with E-state index in [0.717, 1.165) is 12.8 Å². The Labute approximate surface area is 133 Å². The van der Waals surface area contributed by atoms with E-state index in [1.165, 1.54) is 12.1 Å². The average Bonchev–Trinajstić information content (AvgIpc) is 2.43. The summed E-state index contributed by atoms with van der Waals surface area (Å²) in [5.41, 5.74) is 0.199. The summed E-state index contributed by atoms with van der Waals surface area (Å²) < 4.78 is 0. The summed E-state index contributed by atoms with van der Waals surface area (Å²) in [5.74, 6) is -1.13. The number of carbonyl (C=O) groups is 2. The number of rotatable bonds is 6. The first-order chi connectivity index (χ1) is 9.90. The van der Waals surface area contributed by atoms with Gasteiger partial charge in [-0.25, -0.2) is 9.59 Å². The predicted octanol–water partition coefficient (Wildman–Crippen LogP) is 4.35. The van der Waals surface area contributed by atoms with Gasteiger partial charge in [0.25, 0.3) is 0 Å². The number of carboxylic acid groups (broad SMARTS) is 1. The maximum absolute atomic E-state index is 12.2. The zero-order valence-electron chi connectivity index (χ0n) is 11.9. The first kappa shape index (κ1) is 17.6. The molecule has 0 aliphatic rings. The van der Waals surface area contributed by atoms with E-state index in [9.17, 15) is 9.59 Å². The zero-order chi connectivity index (χ0) is 16.0. The molecule has 5 nitrogen and oxygen atoms in total. The molecule has 2 amide bonds. The molecule has 0 saturated carbocycles. The Balaban J connectivity index is 2.92. The summed E-state index contributed by atoms with van der Waals surface area (Å²) in [6, 6.07) is 2.21. The van der Waals surface area contributed by atoms with Gasteiger partial charge in [0.2, 0.25) is 0 Å². The third-order valence-electron chi connectivity index (χ3n) is 2.97. The van der Waals surface area contributed by atoms with E-state index >= 15 is 0 Å². The minimum Gasteiger partial charge on any atom is -0.478 e. The van der Waals surface area contributed by atoms with Crippen molar-refractivity contribution in [2.45, 2.75) is 26.7 Å². The molecule has 1 aromatic rings. The number of unbranched alkanes of at least 4 members (excludes halogenated alkanes) is 1. The molecular weight excluding hydrogens is 315 g/mol. The Kier molecular flexibility index (Phi) is 6.78. The summed E-state index contributed by atoms with van der Waals surface area (Å²) in [6.45, 7) is 5.13. The maximum Gasteiger partial charge on any atom is 0.335 e. The van der Waals surface area contributed by atoms with Crippen molar-refractivity contribution in [3.05, 3.63) is 27.7 Å². The Morgan fingerprint density at radius 1 is 1.24 bits per heavy atom. The van der Waals surface area contributed by atoms with Crippen LogP contribution in [0.3, 0.4) is 0 Å². The van der Waals surface area contributed by atoms with Gasteiger partial charge in [0.15, 0.2) is 0 Å². The summed E-state index contributed by atoms with van der Waals surface area (Å²) in [6.07, 6.45) is 1.89. The van der Waals surface area contributed by atoms with E-state index in [1.807, 2.05) is 13.8 Å². The number of hydrogen-bond acceptors (Lipinski definition) is 2. The molecule has 0 spiro atoms. The van der Waals surface area contributed by atoms with Crippen LogP contribution in [-0.4, -0.2) is 35.1 Å². The van der Waals surface area contributed by atoms with Crippen LogP contribution in [0.25, 0.3) is 0 Å². The maximum atomic E-state index is 12.2. The number of hydrogen-bond donors (Lipinski definition) is 2. The van der Waals surface area contributed by atoms with Gasteiger partial charge in [0.1, 0.15) is 0 Å². The highest BCUT2D eigenvalue weighted by atomic mass is 35.5. The molecule has 0 aliphatic carbocycles. The number of aromatic carboxylic acids is 1. The van der Waals surface area contributed by atoms with Crippen LogP contribution >= 0.6 is 23.2 Å². The fourth-order valence-electron chi connectivity index (χ4n) is 1.75. The van der Waals surface area contributed by atoms with Crippen molar-refractivity contribution >= 4 is 40.9 Å². The van der Waals surface area contributed by atoms with Crippen LogP contribution in [0.4, 0.5) is 10.5 Å². The highest BCUT2D eigenvalue weighted by Crippen LogP contribution is 2.32. The molecule has 0 fully saturated rings. The number of amides is 2. The van der Waals surface area contributed by atoms with Crippen molar-refractivity contribution in [2.75, 3.05) is 18.4 Å². The molecule has 1 aromatic carbocycles. The van der Waals surface area contributed by atoms with Crippen molar-refractivity contribution < 1.29 is 14.7 Å². The molecule has 0 aliphatic heterocycles. The minimum atomic E-state index is -1.13. The Morgan fingerprint density at radius 3 is 2.24 bits per heavy atom. The monoisotopic (exact) mass is 332 g/mol. The number of anilines is 1. The van der Waals surface area contributed by atoms with Gasteiger partial charge in [-0.2, -0.15) is 0 Å². The van der Waals surface area contributed by atoms with E-state index in [4.69, 9.17) is 28.3 Å². The lowest BCUT2D eigenvalue weighted by atomic mass is 10.2. The molecule has 0 heterocycles. The van der Waals surface area contributed by atoms with E-state index < -0.39 is 5.97 Å². The van der Waals surface area contributed by atoms with Gasteiger partial charge < -0.3 is 15.3 Å². The molecule has 7 heteroatoms. The molecule has 0 radical (unpaired) electrons. The third-order valence-corrected chi connectivity index (χ3v) is 3.57. The van der Waals surface area contributed by atoms with Crippen LogP contribution in [0.1, 0.15) is 37.0 Å². The molecule has 21 heavy (non-hydrogen) atoms. The van der Waals surface area contributed by atoms with E-state index in [0.29, 0.717) is 13.1 Å². The van der Waals surface area contributed by atoms with Gasteiger partial charge in [0.05, 0.1) is 21.3 Å². The molecular formula is C14H18Cl2N2O3. The quantitative estimate of drug-likeness (QED) is 0.813. The molecule has 116 valence electrons. The van der Waals surface area contributed by atoms with Crippen LogP contribution in [0, 0.1) is 0 Å². The number of urea groups is 1. The van der Waals surface area contributed by atoms with E-state index in [2.05, 4.69) is 5.32 Å². The second-order valence-electron chi connectivity index (χ2n) is 4.48. The molecule has 0 bridgehead atoms. The molecule has 1 rings (SSSR count). The lowest BCUT2D eigenvalue weighted by Gasteiger charge is -2.22. The normalized spacial score (nSPS) is 10.3. The number of halogens is 2. The molecule has 0 saturated heterocycles. The van der Waals surface area contributed by atoms with Gasteiger partial charge in [-0.15, -0.1) is 0 Å². The minimum absolute atomic E-state index is 0.0265. The zero-order valence-corrected chi connectivity index (χ0v) is 13.5. The smallest absolute Gasteiger partial charge is 0.335 e. The molecule has 0 unspecified atom stereocenters. The lowest BCUT2D eigenvalue weighted by Crippen LogP contribution is -2.35. The predicted molar refractivity (Wildman–Crippen MR) is 84.6 cm³/mol. The average molecular weight is 333 g/mol. The van der Waals surface area contributed by atoms with Crippen molar-refractivity contribution in [3.63, 3.8) is 0 Å². The molecule has 0 aromatic heterocycles. The summed E-state index contributed by atoms with van der Waals surface area (Å²) >= 11 is 12.0. The SMILES string of the molecule is CCCCN(CC)C(=O)Nc1c(Cl)cc(C(=O)O)cc1Cl. The Morgan fingerprint density at radius 2 is 1.81 bits per heavy atom. The first-order valence-corrected chi connectivity index (χ1v) is 7.44. The highest BCUT2D eigenvalue weighted by molar-refractivity contribution is 6.40. The number of carboxylic acids is 1. The van der Waals surface area contributed by atoms with Crippen LogP contribution in [0.5, 0.6) is 0 Å². The first-order valence-electron chi connectivity index (χ1n) is 6.68. The van der Waals surface area contributed by atoms with Gasteiger partial charge in [-0.3, -0.25) is 0 Å². The van der Waals surface area contributed by atoms with Crippen molar-refractivity contribution in [1.82, 2.24) is 4.90 Å². The second kappa shape index (κ2) is 8.10. The van der Waals surface area contributed by atoms with Crippen LogP contribution in [0.15, 0.2) is 12.1 Å². The largest absolute Gasteiger partial charge is 0.478 e. The third kappa shape index (κ3) is 4.79. The fourth-order valence-corrected chi connectivity index (χ4v) is 2.34. The topological polar surface area (TPSA) is 69.6 Å². The van der Waals surface area contributed by atoms with Gasteiger partial charge >= 0.3 is 12.0 Å². The van der Waals surface area contributed by atoms with Crippen LogP contribution < -0.4 is 5.32 Å². The number of carbonyl (C=O) groups excluding carboxylic acids is 1. The Hall–Kier alpha value is -1.46. The van der Waals surface area contributed by atoms with Gasteiger partial charge in [0, 0.05) is 13.1 Å². The lowest BCUT2D eigenvalue weighted by molar-refractivity contribution is 0.0697. The highest BCUT2D eigenvalue weighted by Gasteiger charge is 2.17. The number of benzene rings is 1. The Bertz CT molecular complexity index is 512. The molecule has 2 N–H and O–H groups in total. The van der Waals surface area contributed by atoms with E-state index in [1.54, 1.807) is 4.90 Å². The van der Waals surface area contributed by atoms with Crippen LogP contribution in [0.2, 0.25) is 10.0 Å².